The molecule has 0 aliphatic heterocycles. The summed E-state index contributed by atoms with van der Waals surface area (Å²) >= 11 is 0. The van der Waals surface area contributed by atoms with Crippen LogP contribution in [0.3, 0.4) is 0 Å². The van der Waals surface area contributed by atoms with Gasteiger partial charge in [-0.05, 0) is 24.6 Å². The van der Waals surface area contributed by atoms with E-state index in [0.29, 0.717) is 0 Å². The van der Waals surface area contributed by atoms with Gasteiger partial charge in [-0.15, -0.1) is 0 Å². The number of benzene rings is 1. The van der Waals surface area contributed by atoms with E-state index in [9.17, 15) is 0 Å². The SMILES string of the molecule is CNc1ccnn1-c1cccc(C)c1. The summed E-state index contributed by atoms with van der Waals surface area (Å²) in [5.41, 5.74) is 2.32. The molecule has 0 aliphatic carbocycles. The third-order valence-corrected chi connectivity index (χ3v) is 2.15. The highest BCUT2D eigenvalue weighted by atomic mass is 15.3. The normalized spacial score (nSPS) is 10.1. The van der Waals surface area contributed by atoms with Crippen molar-refractivity contribution in [3.05, 3.63) is 42.1 Å². The van der Waals surface area contributed by atoms with Gasteiger partial charge in [-0.3, -0.25) is 0 Å². The quantitative estimate of drug-likeness (QED) is 0.781. The van der Waals surface area contributed by atoms with Gasteiger partial charge in [-0.1, -0.05) is 12.1 Å². The van der Waals surface area contributed by atoms with Gasteiger partial charge in [0.2, 0.25) is 0 Å². The number of aryl methyl sites for hydroxylation is 1. The number of hydrogen-bond acceptors (Lipinski definition) is 2. The fraction of sp³-hybridized carbons (Fsp3) is 0.182. The number of nitrogens with one attached hydrogen (secondary N) is 1. The van der Waals surface area contributed by atoms with Gasteiger partial charge >= 0.3 is 0 Å². The summed E-state index contributed by atoms with van der Waals surface area (Å²) in [7, 11) is 1.89. The lowest BCUT2D eigenvalue weighted by molar-refractivity contribution is 0.884. The molecule has 3 nitrogen and oxygen atoms in total. The Balaban J connectivity index is 2.49. The lowest BCUT2D eigenvalue weighted by atomic mass is 10.2. The molecule has 1 aromatic carbocycles. The van der Waals surface area contributed by atoms with Gasteiger partial charge in [0.1, 0.15) is 5.82 Å². The third-order valence-electron chi connectivity index (χ3n) is 2.15. The monoisotopic (exact) mass is 187 g/mol. The highest BCUT2D eigenvalue weighted by molar-refractivity contribution is 5.45. The molecule has 0 saturated heterocycles. The molecule has 0 spiro atoms. The van der Waals surface area contributed by atoms with Gasteiger partial charge < -0.3 is 5.32 Å². The van der Waals surface area contributed by atoms with Crippen molar-refractivity contribution in [3.8, 4) is 5.69 Å². The average Bonchev–Trinajstić information content (AvgIpc) is 2.65. The molecule has 1 aromatic heterocycles. The molecule has 14 heavy (non-hydrogen) atoms. The molecule has 0 atom stereocenters. The fourth-order valence-corrected chi connectivity index (χ4v) is 1.46. The first kappa shape index (κ1) is 8.81. The second-order valence-electron chi connectivity index (χ2n) is 3.22. The van der Waals surface area contributed by atoms with Crippen molar-refractivity contribution in [3.63, 3.8) is 0 Å². The standard InChI is InChI=1S/C11H13N3/c1-9-4-3-5-10(8-9)14-11(12-2)6-7-13-14/h3-8,12H,1-2H3. The maximum atomic E-state index is 4.25. The largest absolute Gasteiger partial charge is 0.373 e. The van der Waals surface area contributed by atoms with Crippen molar-refractivity contribution in [2.75, 3.05) is 12.4 Å². The Kier molecular flexibility index (Phi) is 2.23. The predicted molar refractivity (Wildman–Crippen MR) is 57.8 cm³/mol. The molecule has 72 valence electrons. The van der Waals surface area contributed by atoms with Crippen molar-refractivity contribution in [2.24, 2.45) is 0 Å². The molecule has 0 aliphatic rings. The van der Waals surface area contributed by atoms with Crippen LogP contribution in [0.1, 0.15) is 5.56 Å². The molecular weight excluding hydrogens is 174 g/mol. The van der Waals surface area contributed by atoms with E-state index in [1.54, 1.807) is 6.20 Å². The molecule has 0 fully saturated rings. The van der Waals surface area contributed by atoms with Crippen LogP contribution in [0.2, 0.25) is 0 Å². The van der Waals surface area contributed by atoms with Crippen LogP contribution in [-0.2, 0) is 0 Å². The minimum Gasteiger partial charge on any atom is -0.373 e. The lowest BCUT2D eigenvalue weighted by Crippen LogP contribution is -2.01. The van der Waals surface area contributed by atoms with Crippen LogP contribution < -0.4 is 5.32 Å². The molecule has 0 radical (unpaired) electrons. The molecule has 0 unspecified atom stereocenters. The van der Waals surface area contributed by atoms with E-state index >= 15 is 0 Å². The van der Waals surface area contributed by atoms with Gasteiger partial charge in [0, 0.05) is 13.1 Å². The molecule has 1 heterocycles. The molecule has 3 heteroatoms. The fourth-order valence-electron chi connectivity index (χ4n) is 1.46. The van der Waals surface area contributed by atoms with E-state index in [-0.39, 0.29) is 0 Å². The number of nitrogens with zero attached hydrogens (tertiary/aromatic N) is 2. The first-order chi connectivity index (χ1) is 6.81. The van der Waals surface area contributed by atoms with Gasteiger partial charge in [0.25, 0.3) is 0 Å². The molecule has 0 bridgehead atoms. The maximum absolute atomic E-state index is 4.25. The molecule has 1 N–H and O–H groups in total. The Labute approximate surface area is 83.4 Å². The number of hydrogen-bond donors (Lipinski definition) is 1. The Morgan fingerprint density at radius 2 is 2.14 bits per heavy atom. The van der Waals surface area contributed by atoms with Crippen molar-refractivity contribution in [1.29, 1.82) is 0 Å². The smallest absolute Gasteiger partial charge is 0.129 e. The summed E-state index contributed by atoms with van der Waals surface area (Å²) in [6, 6.07) is 10.2. The topological polar surface area (TPSA) is 29.9 Å². The highest BCUT2D eigenvalue weighted by Gasteiger charge is 2.01. The van der Waals surface area contributed by atoms with E-state index in [4.69, 9.17) is 0 Å². The van der Waals surface area contributed by atoms with E-state index < -0.39 is 0 Å². The predicted octanol–water partition coefficient (Wildman–Crippen LogP) is 2.22. The van der Waals surface area contributed by atoms with Crippen molar-refractivity contribution in [1.82, 2.24) is 9.78 Å². The summed E-state index contributed by atoms with van der Waals surface area (Å²) in [6.07, 6.45) is 1.79. The first-order valence-electron chi connectivity index (χ1n) is 4.60. The zero-order valence-electron chi connectivity index (χ0n) is 8.36. The summed E-state index contributed by atoms with van der Waals surface area (Å²) in [5, 5.41) is 7.35. The number of aromatic nitrogens is 2. The zero-order valence-corrected chi connectivity index (χ0v) is 8.36. The summed E-state index contributed by atoms with van der Waals surface area (Å²) in [5.74, 6) is 0.996. The molecular formula is C11H13N3. The molecule has 0 saturated carbocycles. The molecule has 2 aromatic rings. The van der Waals surface area contributed by atoms with Crippen LogP contribution in [0.25, 0.3) is 5.69 Å². The van der Waals surface area contributed by atoms with Crippen LogP contribution >= 0.6 is 0 Å². The van der Waals surface area contributed by atoms with E-state index in [1.165, 1.54) is 5.56 Å². The third kappa shape index (κ3) is 1.48. The average molecular weight is 187 g/mol. The van der Waals surface area contributed by atoms with E-state index in [2.05, 4.69) is 29.5 Å². The van der Waals surface area contributed by atoms with Gasteiger partial charge in [0.05, 0.1) is 11.9 Å². The van der Waals surface area contributed by atoms with Gasteiger partial charge in [-0.25, -0.2) is 4.68 Å². The second kappa shape index (κ2) is 3.54. The summed E-state index contributed by atoms with van der Waals surface area (Å²) < 4.78 is 1.88. The van der Waals surface area contributed by atoms with Crippen molar-refractivity contribution in [2.45, 2.75) is 6.92 Å². The molecule has 0 amide bonds. The highest BCUT2D eigenvalue weighted by Crippen LogP contribution is 2.14. The minimum absolute atomic E-state index is 0.996. The molecule has 2 rings (SSSR count). The first-order valence-corrected chi connectivity index (χ1v) is 4.60. The lowest BCUT2D eigenvalue weighted by Gasteiger charge is -2.06. The van der Waals surface area contributed by atoms with Crippen LogP contribution in [0.4, 0.5) is 5.82 Å². The minimum atomic E-state index is 0.996. The zero-order chi connectivity index (χ0) is 9.97. The Morgan fingerprint density at radius 3 is 2.86 bits per heavy atom. The van der Waals surface area contributed by atoms with E-state index in [1.807, 2.05) is 29.9 Å². The van der Waals surface area contributed by atoms with Crippen LogP contribution in [0.5, 0.6) is 0 Å². The van der Waals surface area contributed by atoms with Crippen molar-refractivity contribution < 1.29 is 0 Å². The second-order valence-corrected chi connectivity index (χ2v) is 3.22. The maximum Gasteiger partial charge on any atom is 0.129 e. The van der Waals surface area contributed by atoms with Crippen LogP contribution in [0, 0.1) is 6.92 Å². The summed E-state index contributed by atoms with van der Waals surface area (Å²) in [4.78, 5) is 0. The van der Waals surface area contributed by atoms with Crippen molar-refractivity contribution >= 4 is 5.82 Å². The Hall–Kier alpha value is -1.77. The summed E-state index contributed by atoms with van der Waals surface area (Å²) in [6.45, 7) is 2.08. The Bertz CT molecular complexity index is 432. The number of anilines is 1. The van der Waals surface area contributed by atoms with Crippen LogP contribution in [-0.4, -0.2) is 16.8 Å². The van der Waals surface area contributed by atoms with Crippen LogP contribution in [0.15, 0.2) is 36.5 Å². The van der Waals surface area contributed by atoms with E-state index in [0.717, 1.165) is 11.5 Å². The number of rotatable bonds is 2. The van der Waals surface area contributed by atoms with Gasteiger partial charge in [-0.2, -0.15) is 5.10 Å². The Morgan fingerprint density at radius 1 is 1.29 bits per heavy atom. The van der Waals surface area contributed by atoms with Gasteiger partial charge in [0.15, 0.2) is 0 Å².